The minimum atomic E-state index is -1.46. The van der Waals surface area contributed by atoms with Crippen LogP contribution in [0.25, 0.3) is 0 Å². The molecule has 4 rings (SSSR count). The fourth-order valence-corrected chi connectivity index (χ4v) is 5.79. The topological polar surface area (TPSA) is 78.5 Å². The third-order valence-corrected chi connectivity index (χ3v) is 7.87. The van der Waals surface area contributed by atoms with Gasteiger partial charge in [0.1, 0.15) is 6.04 Å². The Hall–Kier alpha value is -3.01. The van der Waals surface area contributed by atoms with E-state index in [1.165, 1.54) is 0 Å². The first-order valence-corrected chi connectivity index (χ1v) is 13.6. The fraction of sp³-hybridized carbons (Fsp3) is 0.444. The maximum absolute atomic E-state index is 13.2. The monoisotopic (exact) mass is 533 g/mol. The van der Waals surface area contributed by atoms with Crippen molar-refractivity contribution in [3.05, 3.63) is 58.9 Å². The standard InChI is InChI=1S/C27H30F3N3O3S/c28-20-14-17(15-21(29)25(20)30)31-12-5-3-1-2-4-6-13-37-23-9-7-8-18-19(23)16-33(27(18)36)22-10-11-24(34)32-26(22)35/h7-9,14-15,22,31H,1-6,10-13,16H2,(H,32,34,35). The highest BCUT2D eigenvalue weighted by molar-refractivity contribution is 7.99. The normalized spacial score (nSPS) is 17.2. The quantitative estimate of drug-likeness (QED) is 0.165. The van der Waals surface area contributed by atoms with Crippen molar-refractivity contribution in [1.29, 1.82) is 0 Å². The highest BCUT2D eigenvalue weighted by Crippen LogP contribution is 2.34. The number of hydrogen-bond donors (Lipinski definition) is 2. The second kappa shape index (κ2) is 12.5. The Morgan fingerprint density at radius 2 is 1.68 bits per heavy atom. The van der Waals surface area contributed by atoms with Crippen LogP contribution in [0.3, 0.4) is 0 Å². The molecule has 2 N–H and O–H groups in total. The van der Waals surface area contributed by atoms with Crippen LogP contribution in [0, 0.1) is 17.5 Å². The number of anilines is 1. The number of benzene rings is 2. The Labute approximate surface area is 218 Å². The number of piperidine rings is 1. The Bertz CT molecular complexity index is 1150. The van der Waals surface area contributed by atoms with E-state index in [4.69, 9.17) is 0 Å². The molecule has 2 aromatic rings. The molecule has 2 heterocycles. The Kier molecular flexibility index (Phi) is 9.13. The van der Waals surface area contributed by atoms with Crippen molar-refractivity contribution in [3.8, 4) is 0 Å². The summed E-state index contributed by atoms with van der Waals surface area (Å²) in [5.74, 6) is -3.78. The maximum Gasteiger partial charge on any atom is 0.255 e. The Balaban J connectivity index is 1.13. The largest absolute Gasteiger partial charge is 0.385 e. The maximum atomic E-state index is 13.2. The molecule has 0 radical (unpaired) electrons. The van der Waals surface area contributed by atoms with E-state index < -0.39 is 29.4 Å². The molecule has 1 atom stereocenters. The number of rotatable bonds is 12. The number of amides is 3. The van der Waals surface area contributed by atoms with Crippen LogP contribution in [0.4, 0.5) is 18.9 Å². The van der Waals surface area contributed by atoms with E-state index in [1.54, 1.807) is 22.7 Å². The number of thioether (sulfide) groups is 1. The smallest absolute Gasteiger partial charge is 0.255 e. The summed E-state index contributed by atoms with van der Waals surface area (Å²) in [5, 5.41) is 5.25. The van der Waals surface area contributed by atoms with Crippen LogP contribution in [0.1, 0.15) is 67.3 Å². The predicted octanol–water partition coefficient (Wildman–Crippen LogP) is 5.41. The zero-order valence-electron chi connectivity index (χ0n) is 20.5. The third kappa shape index (κ3) is 6.66. The van der Waals surface area contributed by atoms with E-state index >= 15 is 0 Å². The number of carbonyl (C=O) groups is 3. The van der Waals surface area contributed by atoms with Crippen LogP contribution in [-0.2, 0) is 16.1 Å². The van der Waals surface area contributed by atoms with Crippen molar-refractivity contribution in [2.75, 3.05) is 17.6 Å². The number of nitrogens with one attached hydrogen (secondary N) is 2. The highest BCUT2D eigenvalue weighted by atomic mass is 32.2. The SMILES string of the molecule is O=C1CCC(N2Cc3c(SCCCCCCCCNc4cc(F)c(F)c(F)c4)cccc3C2=O)C(=O)N1. The van der Waals surface area contributed by atoms with Gasteiger partial charge in [0.05, 0.1) is 0 Å². The van der Waals surface area contributed by atoms with Gasteiger partial charge in [0, 0.05) is 47.8 Å². The van der Waals surface area contributed by atoms with Gasteiger partial charge in [-0.05, 0) is 42.7 Å². The number of nitrogens with zero attached hydrogens (tertiary/aromatic N) is 1. The summed E-state index contributed by atoms with van der Waals surface area (Å²) >= 11 is 1.72. The lowest BCUT2D eigenvalue weighted by Crippen LogP contribution is -2.52. The lowest BCUT2D eigenvalue weighted by molar-refractivity contribution is -0.136. The minimum Gasteiger partial charge on any atom is -0.385 e. The van der Waals surface area contributed by atoms with Gasteiger partial charge in [-0.1, -0.05) is 31.7 Å². The summed E-state index contributed by atoms with van der Waals surface area (Å²) in [6.45, 7) is 0.947. The average molecular weight is 534 g/mol. The molecule has 1 saturated heterocycles. The van der Waals surface area contributed by atoms with Gasteiger partial charge in [0.2, 0.25) is 11.8 Å². The van der Waals surface area contributed by atoms with Gasteiger partial charge in [-0.2, -0.15) is 0 Å². The summed E-state index contributed by atoms with van der Waals surface area (Å²) in [7, 11) is 0. The van der Waals surface area contributed by atoms with Crippen LogP contribution in [0.5, 0.6) is 0 Å². The van der Waals surface area contributed by atoms with Crippen molar-refractivity contribution in [2.45, 2.75) is 68.8 Å². The summed E-state index contributed by atoms with van der Waals surface area (Å²) < 4.78 is 39.4. The summed E-state index contributed by atoms with van der Waals surface area (Å²) in [5.41, 5.74) is 1.83. The second-order valence-electron chi connectivity index (χ2n) is 9.33. The van der Waals surface area contributed by atoms with Crippen LogP contribution in [0.15, 0.2) is 35.2 Å². The van der Waals surface area contributed by atoms with Crippen LogP contribution < -0.4 is 10.6 Å². The first-order valence-electron chi connectivity index (χ1n) is 12.6. The average Bonchev–Trinajstić information content (AvgIpc) is 3.20. The molecule has 37 heavy (non-hydrogen) atoms. The lowest BCUT2D eigenvalue weighted by atomic mass is 10.0. The zero-order chi connectivity index (χ0) is 26.4. The zero-order valence-corrected chi connectivity index (χ0v) is 21.3. The summed E-state index contributed by atoms with van der Waals surface area (Å²) in [6, 6.07) is 6.99. The van der Waals surface area contributed by atoms with E-state index in [2.05, 4.69) is 10.6 Å². The minimum absolute atomic E-state index is 0.156. The molecule has 0 aliphatic carbocycles. The number of imide groups is 1. The van der Waals surface area contributed by atoms with Gasteiger partial charge in [-0.3, -0.25) is 19.7 Å². The van der Waals surface area contributed by atoms with Crippen molar-refractivity contribution in [3.63, 3.8) is 0 Å². The molecular weight excluding hydrogens is 503 g/mol. The van der Waals surface area contributed by atoms with Gasteiger partial charge in [-0.25, -0.2) is 13.2 Å². The fourth-order valence-electron chi connectivity index (χ4n) is 4.70. The number of fused-ring (bicyclic) bond motifs is 1. The van der Waals surface area contributed by atoms with Gasteiger partial charge in [0.25, 0.3) is 5.91 Å². The molecule has 6 nitrogen and oxygen atoms in total. The van der Waals surface area contributed by atoms with Crippen LogP contribution in [0.2, 0.25) is 0 Å². The molecule has 3 amide bonds. The van der Waals surface area contributed by atoms with Crippen molar-refractivity contribution < 1.29 is 27.6 Å². The Morgan fingerprint density at radius 3 is 2.41 bits per heavy atom. The molecule has 10 heteroatoms. The molecule has 0 bridgehead atoms. The van der Waals surface area contributed by atoms with E-state index in [9.17, 15) is 27.6 Å². The number of halogens is 3. The van der Waals surface area contributed by atoms with Crippen LogP contribution >= 0.6 is 11.8 Å². The molecule has 0 saturated carbocycles. The summed E-state index contributed by atoms with van der Waals surface area (Å²) in [4.78, 5) is 39.3. The third-order valence-electron chi connectivity index (χ3n) is 6.68. The molecule has 1 unspecified atom stereocenters. The molecule has 2 aliphatic rings. The lowest BCUT2D eigenvalue weighted by Gasteiger charge is -2.29. The molecule has 0 aromatic heterocycles. The van der Waals surface area contributed by atoms with Crippen LogP contribution in [-0.4, -0.2) is 41.0 Å². The molecule has 2 aliphatic heterocycles. The molecule has 0 spiro atoms. The van der Waals surface area contributed by atoms with Crippen molar-refractivity contribution >= 4 is 35.2 Å². The van der Waals surface area contributed by atoms with Crippen molar-refractivity contribution in [1.82, 2.24) is 10.2 Å². The predicted molar refractivity (Wildman–Crippen MR) is 136 cm³/mol. The van der Waals surface area contributed by atoms with E-state index in [0.29, 0.717) is 25.1 Å². The molecule has 1 fully saturated rings. The van der Waals surface area contributed by atoms with Gasteiger partial charge in [-0.15, -0.1) is 11.8 Å². The number of unbranched alkanes of at least 4 members (excludes halogenated alkanes) is 5. The highest BCUT2D eigenvalue weighted by Gasteiger charge is 2.39. The number of hydrogen-bond acceptors (Lipinski definition) is 5. The summed E-state index contributed by atoms with van der Waals surface area (Å²) in [6.07, 6.45) is 6.66. The second-order valence-corrected chi connectivity index (χ2v) is 10.5. The molecule has 198 valence electrons. The number of carbonyl (C=O) groups excluding carboxylic acids is 3. The van der Waals surface area contributed by atoms with Gasteiger partial charge >= 0.3 is 0 Å². The molecular formula is C27H30F3N3O3S. The Morgan fingerprint density at radius 1 is 0.973 bits per heavy atom. The first kappa shape index (κ1) is 27.0. The van der Waals surface area contributed by atoms with E-state index in [-0.39, 0.29) is 23.9 Å². The van der Waals surface area contributed by atoms with E-state index in [1.807, 2.05) is 12.1 Å². The molecule has 2 aromatic carbocycles. The first-order chi connectivity index (χ1) is 17.8. The van der Waals surface area contributed by atoms with Gasteiger partial charge < -0.3 is 10.2 Å². The van der Waals surface area contributed by atoms with Crippen molar-refractivity contribution in [2.24, 2.45) is 0 Å². The van der Waals surface area contributed by atoms with Gasteiger partial charge in [0.15, 0.2) is 17.5 Å². The van der Waals surface area contributed by atoms with E-state index in [0.717, 1.165) is 66.9 Å².